The zero-order valence-corrected chi connectivity index (χ0v) is 10.2. The zero-order valence-electron chi connectivity index (χ0n) is 10.2. The topological polar surface area (TPSA) is 42.2 Å². The molecule has 0 amide bonds. The molecule has 90 valence electrons. The summed E-state index contributed by atoms with van der Waals surface area (Å²) >= 11 is 0. The van der Waals surface area contributed by atoms with Crippen molar-refractivity contribution in [2.75, 3.05) is 0 Å². The van der Waals surface area contributed by atoms with Gasteiger partial charge in [-0.25, -0.2) is 0 Å². The summed E-state index contributed by atoms with van der Waals surface area (Å²) in [4.78, 5) is 10.5. The number of aryl methyl sites for hydroxylation is 3. The van der Waals surface area contributed by atoms with Gasteiger partial charge in [-0.15, -0.1) is 0 Å². The molecule has 0 unspecified atom stereocenters. The summed E-state index contributed by atoms with van der Waals surface area (Å²) in [7, 11) is 2.03. The van der Waals surface area contributed by atoms with E-state index in [2.05, 4.69) is 35.9 Å². The van der Waals surface area contributed by atoms with Gasteiger partial charge in [0.1, 0.15) is 0 Å². The van der Waals surface area contributed by atoms with Gasteiger partial charge in [0.2, 0.25) is 0 Å². The minimum Gasteiger partial charge on any atom is -0.481 e. The highest BCUT2D eigenvalue weighted by Crippen LogP contribution is 2.23. The predicted octanol–water partition coefficient (Wildman–Crippen LogP) is 2.89. The van der Waals surface area contributed by atoms with E-state index in [1.54, 1.807) is 0 Å². The van der Waals surface area contributed by atoms with Crippen molar-refractivity contribution in [1.82, 2.24) is 4.57 Å². The van der Waals surface area contributed by atoms with Crippen molar-refractivity contribution in [3.8, 4) is 0 Å². The summed E-state index contributed by atoms with van der Waals surface area (Å²) < 4.78 is 2.10. The fourth-order valence-corrected chi connectivity index (χ4v) is 2.22. The Hall–Kier alpha value is -1.77. The molecular weight excluding hydrogens is 214 g/mol. The van der Waals surface area contributed by atoms with E-state index >= 15 is 0 Å². The van der Waals surface area contributed by atoms with Gasteiger partial charge in [-0.3, -0.25) is 4.79 Å². The van der Waals surface area contributed by atoms with E-state index in [1.807, 2.05) is 7.05 Å². The van der Waals surface area contributed by atoms with Crippen LogP contribution in [0.4, 0.5) is 0 Å². The lowest BCUT2D eigenvalue weighted by molar-refractivity contribution is -0.137. The first-order chi connectivity index (χ1) is 8.08. The highest BCUT2D eigenvalue weighted by atomic mass is 16.4. The number of hydrogen-bond acceptors (Lipinski definition) is 1. The molecule has 0 atom stereocenters. The van der Waals surface area contributed by atoms with E-state index in [9.17, 15) is 4.79 Å². The lowest BCUT2D eigenvalue weighted by Crippen LogP contribution is -1.95. The molecule has 0 saturated carbocycles. The second-order valence-corrected chi connectivity index (χ2v) is 4.53. The Morgan fingerprint density at radius 1 is 1.41 bits per heavy atom. The van der Waals surface area contributed by atoms with Crippen molar-refractivity contribution in [3.63, 3.8) is 0 Å². The monoisotopic (exact) mass is 231 g/mol. The molecule has 2 aromatic rings. The van der Waals surface area contributed by atoms with Crippen molar-refractivity contribution < 1.29 is 9.90 Å². The summed E-state index contributed by atoms with van der Waals surface area (Å²) in [5.41, 5.74) is 3.69. The highest BCUT2D eigenvalue weighted by molar-refractivity contribution is 5.84. The van der Waals surface area contributed by atoms with Gasteiger partial charge in [0.05, 0.1) is 0 Å². The Morgan fingerprint density at radius 2 is 2.18 bits per heavy atom. The van der Waals surface area contributed by atoms with Gasteiger partial charge in [0, 0.05) is 30.6 Å². The Kier molecular flexibility index (Phi) is 3.18. The zero-order chi connectivity index (χ0) is 12.4. The summed E-state index contributed by atoms with van der Waals surface area (Å²) in [6, 6.07) is 6.39. The highest BCUT2D eigenvalue weighted by Gasteiger charge is 2.07. The number of aliphatic carboxylic acids is 1. The van der Waals surface area contributed by atoms with Gasteiger partial charge in [-0.2, -0.15) is 0 Å². The van der Waals surface area contributed by atoms with E-state index in [0.29, 0.717) is 6.42 Å². The number of nitrogens with zero attached hydrogens (tertiary/aromatic N) is 1. The summed E-state index contributed by atoms with van der Waals surface area (Å²) in [6.45, 7) is 2.08. The van der Waals surface area contributed by atoms with Gasteiger partial charge < -0.3 is 9.67 Å². The van der Waals surface area contributed by atoms with Crippen LogP contribution in [-0.4, -0.2) is 15.6 Å². The van der Waals surface area contributed by atoms with Crippen LogP contribution in [0, 0.1) is 6.92 Å². The second kappa shape index (κ2) is 4.62. The molecule has 0 aliphatic rings. The number of hydrogen-bond donors (Lipinski definition) is 1. The standard InChI is InChI=1S/C14H17NO2/c1-10-6-7-13-12(8-10)11(9-15(13)2)4-3-5-14(16)17/h6-9H,3-5H2,1-2H3,(H,16,17). The quantitative estimate of drug-likeness (QED) is 0.879. The Labute approximate surface area is 101 Å². The molecule has 0 bridgehead atoms. The molecule has 0 aliphatic heterocycles. The third kappa shape index (κ3) is 2.49. The fraction of sp³-hybridized carbons (Fsp3) is 0.357. The number of carbonyl (C=O) groups is 1. The lowest BCUT2D eigenvalue weighted by Gasteiger charge is -1.99. The number of aromatic nitrogens is 1. The Balaban J connectivity index is 2.27. The molecule has 1 heterocycles. The smallest absolute Gasteiger partial charge is 0.303 e. The van der Waals surface area contributed by atoms with Crippen LogP contribution in [0.2, 0.25) is 0 Å². The molecule has 0 spiro atoms. The first-order valence-corrected chi connectivity index (χ1v) is 5.84. The van der Waals surface area contributed by atoms with E-state index in [0.717, 1.165) is 6.42 Å². The molecule has 1 aromatic carbocycles. The number of fused-ring (bicyclic) bond motifs is 1. The van der Waals surface area contributed by atoms with Crippen molar-refractivity contribution in [3.05, 3.63) is 35.5 Å². The summed E-state index contributed by atoms with van der Waals surface area (Å²) in [5, 5.41) is 9.90. The minimum absolute atomic E-state index is 0.238. The fourth-order valence-electron chi connectivity index (χ4n) is 2.22. The van der Waals surface area contributed by atoms with E-state index in [4.69, 9.17) is 5.11 Å². The Morgan fingerprint density at radius 3 is 2.88 bits per heavy atom. The van der Waals surface area contributed by atoms with E-state index in [1.165, 1.54) is 22.0 Å². The first kappa shape index (κ1) is 11.7. The molecule has 3 nitrogen and oxygen atoms in total. The molecular formula is C14H17NO2. The summed E-state index contributed by atoms with van der Waals surface area (Å²) in [5.74, 6) is -0.721. The molecule has 0 fully saturated rings. The van der Waals surface area contributed by atoms with Gasteiger partial charge in [0.25, 0.3) is 0 Å². The SMILES string of the molecule is Cc1ccc2c(c1)c(CCCC(=O)O)cn2C. The molecule has 1 aromatic heterocycles. The average molecular weight is 231 g/mol. The number of rotatable bonds is 4. The Bertz CT molecular complexity index is 555. The van der Waals surface area contributed by atoms with Crippen LogP contribution in [0.5, 0.6) is 0 Å². The van der Waals surface area contributed by atoms with Crippen LogP contribution in [0.15, 0.2) is 24.4 Å². The van der Waals surface area contributed by atoms with Crippen molar-refractivity contribution >= 4 is 16.9 Å². The van der Waals surface area contributed by atoms with Crippen LogP contribution >= 0.6 is 0 Å². The number of carboxylic acid groups (broad SMARTS) is 1. The molecule has 0 aliphatic carbocycles. The van der Waals surface area contributed by atoms with E-state index < -0.39 is 5.97 Å². The lowest BCUT2D eigenvalue weighted by atomic mass is 10.1. The molecule has 3 heteroatoms. The third-order valence-corrected chi connectivity index (χ3v) is 3.06. The average Bonchev–Trinajstić information content (AvgIpc) is 2.55. The molecule has 17 heavy (non-hydrogen) atoms. The van der Waals surface area contributed by atoms with Crippen molar-refractivity contribution in [1.29, 1.82) is 0 Å². The van der Waals surface area contributed by atoms with Crippen LogP contribution in [0.1, 0.15) is 24.0 Å². The summed E-state index contributed by atoms with van der Waals surface area (Å²) in [6.07, 6.45) is 3.86. The molecule has 1 N–H and O–H groups in total. The maximum absolute atomic E-state index is 10.5. The van der Waals surface area contributed by atoms with Gasteiger partial charge in [-0.05, 0) is 37.5 Å². The maximum atomic E-state index is 10.5. The van der Waals surface area contributed by atoms with Crippen molar-refractivity contribution in [2.45, 2.75) is 26.2 Å². The number of benzene rings is 1. The van der Waals surface area contributed by atoms with E-state index in [-0.39, 0.29) is 6.42 Å². The van der Waals surface area contributed by atoms with Crippen LogP contribution < -0.4 is 0 Å². The largest absolute Gasteiger partial charge is 0.481 e. The van der Waals surface area contributed by atoms with Gasteiger partial charge in [0.15, 0.2) is 0 Å². The minimum atomic E-state index is -0.721. The van der Waals surface area contributed by atoms with Crippen LogP contribution in [0.3, 0.4) is 0 Å². The second-order valence-electron chi connectivity index (χ2n) is 4.53. The normalized spacial score (nSPS) is 10.9. The third-order valence-electron chi connectivity index (χ3n) is 3.06. The maximum Gasteiger partial charge on any atom is 0.303 e. The first-order valence-electron chi connectivity index (χ1n) is 5.84. The predicted molar refractivity (Wildman–Crippen MR) is 68.2 cm³/mol. The van der Waals surface area contributed by atoms with Gasteiger partial charge in [-0.1, -0.05) is 11.6 Å². The molecule has 0 saturated heterocycles. The molecule has 2 rings (SSSR count). The molecule has 0 radical (unpaired) electrons. The van der Waals surface area contributed by atoms with Crippen LogP contribution in [0.25, 0.3) is 10.9 Å². The van der Waals surface area contributed by atoms with Crippen LogP contribution in [-0.2, 0) is 18.3 Å². The van der Waals surface area contributed by atoms with Crippen molar-refractivity contribution in [2.24, 2.45) is 7.05 Å². The number of carboxylic acids is 1. The van der Waals surface area contributed by atoms with Gasteiger partial charge >= 0.3 is 5.97 Å².